The zero-order chi connectivity index (χ0) is 17.1. The summed E-state index contributed by atoms with van der Waals surface area (Å²) in [7, 11) is 1.73. The van der Waals surface area contributed by atoms with Crippen LogP contribution in [0.5, 0.6) is 0 Å². The molecule has 6 nitrogen and oxygen atoms in total. The molecule has 24 heavy (non-hydrogen) atoms. The van der Waals surface area contributed by atoms with Gasteiger partial charge in [-0.25, -0.2) is 9.78 Å². The Morgan fingerprint density at radius 2 is 2.12 bits per heavy atom. The van der Waals surface area contributed by atoms with Crippen molar-refractivity contribution in [3.63, 3.8) is 0 Å². The first-order valence-electron chi connectivity index (χ1n) is 8.93. The molecule has 0 aromatic carbocycles. The van der Waals surface area contributed by atoms with E-state index < -0.39 is 6.10 Å². The summed E-state index contributed by atoms with van der Waals surface area (Å²) in [5, 5.41) is 12.9. The molecule has 2 aliphatic rings. The number of amides is 2. The number of pyridine rings is 1. The van der Waals surface area contributed by atoms with Crippen LogP contribution in [0.1, 0.15) is 36.9 Å². The average Bonchev–Trinajstić information content (AvgIpc) is 3.28. The van der Waals surface area contributed by atoms with Gasteiger partial charge in [-0.15, -0.1) is 0 Å². The Hall–Kier alpha value is -1.82. The van der Waals surface area contributed by atoms with Gasteiger partial charge in [-0.2, -0.15) is 0 Å². The fourth-order valence-electron chi connectivity index (χ4n) is 3.21. The highest BCUT2D eigenvalue weighted by Crippen LogP contribution is 2.32. The zero-order valence-corrected chi connectivity index (χ0v) is 14.7. The number of carbonyl (C=O) groups is 1. The lowest BCUT2D eigenvalue weighted by atomic mass is 10.2. The number of hydrogen-bond acceptors (Lipinski definition) is 4. The second-order valence-electron chi connectivity index (χ2n) is 7.07. The van der Waals surface area contributed by atoms with Crippen molar-refractivity contribution in [3.8, 4) is 0 Å². The molecule has 1 saturated heterocycles. The van der Waals surface area contributed by atoms with Crippen molar-refractivity contribution in [1.29, 1.82) is 0 Å². The molecule has 1 aliphatic heterocycles. The van der Waals surface area contributed by atoms with Gasteiger partial charge in [-0.05, 0) is 44.6 Å². The van der Waals surface area contributed by atoms with Crippen molar-refractivity contribution in [2.45, 2.75) is 45.3 Å². The number of aromatic nitrogens is 1. The first kappa shape index (κ1) is 17.0. The van der Waals surface area contributed by atoms with E-state index in [-0.39, 0.29) is 6.03 Å². The van der Waals surface area contributed by atoms with Crippen molar-refractivity contribution in [1.82, 2.24) is 15.2 Å². The maximum absolute atomic E-state index is 12.3. The van der Waals surface area contributed by atoms with Gasteiger partial charge in [0.1, 0.15) is 5.82 Å². The number of anilines is 1. The third-order valence-electron chi connectivity index (χ3n) is 4.90. The predicted octanol–water partition coefficient (Wildman–Crippen LogP) is 1.90. The molecule has 2 N–H and O–H groups in total. The summed E-state index contributed by atoms with van der Waals surface area (Å²) in [6.07, 6.45) is 4.14. The highest BCUT2D eigenvalue weighted by molar-refractivity contribution is 5.74. The molecule has 1 aromatic heterocycles. The fourth-order valence-corrected chi connectivity index (χ4v) is 3.21. The average molecular weight is 332 g/mol. The van der Waals surface area contributed by atoms with Crippen LogP contribution in [0.2, 0.25) is 0 Å². The minimum absolute atomic E-state index is 0.150. The zero-order valence-electron chi connectivity index (χ0n) is 14.7. The summed E-state index contributed by atoms with van der Waals surface area (Å²) in [5.74, 6) is 1.37. The molecule has 0 spiro atoms. The van der Waals surface area contributed by atoms with Gasteiger partial charge in [0.15, 0.2) is 0 Å². The molecule has 6 heteroatoms. The van der Waals surface area contributed by atoms with Gasteiger partial charge < -0.3 is 20.2 Å². The number of aliphatic hydroxyl groups is 1. The summed E-state index contributed by atoms with van der Waals surface area (Å²) in [6, 6.07) is 3.89. The molecule has 1 aliphatic carbocycles. The van der Waals surface area contributed by atoms with Gasteiger partial charge in [0, 0.05) is 44.5 Å². The van der Waals surface area contributed by atoms with E-state index in [0.29, 0.717) is 19.0 Å². The third kappa shape index (κ3) is 4.17. The number of aliphatic hydroxyl groups excluding tert-OH is 1. The van der Waals surface area contributed by atoms with Crippen LogP contribution in [0.25, 0.3) is 0 Å². The number of urea groups is 1. The third-order valence-corrected chi connectivity index (χ3v) is 4.90. The fraction of sp³-hybridized carbons (Fsp3) is 0.667. The van der Waals surface area contributed by atoms with Crippen LogP contribution < -0.4 is 10.2 Å². The summed E-state index contributed by atoms with van der Waals surface area (Å²) in [6.45, 7) is 4.91. The van der Waals surface area contributed by atoms with Crippen LogP contribution in [-0.2, 0) is 6.54 Å². The topological polar surface area (TPSA) is 68.7 Å². The molecule has 2 heterocycles. The lowest BCUT2D eigenvalue weighted by Crippen LogP contribution is -2.41. The van der Waals surface area contributed by atoms with Gasteiger partial charge in [0.05, 0.1) is 6.10 Å². The molecule has 132 valence electrons. The molecule has 1 aromatic rings. The minimum atomic E-state index is -0.401. The maximum atomic E-state index is 12.3. The molecule has 2 amide bonds. The van der Waals surface area contributed by atoms with E-state index in [1.165, 1.54) is 12.8 Å². The predicted molar refractivity (Wildman–Crippen MR) is 94.0 cm³/mol. The van der Waals surface area contributed by atoms with Crippen LogP contribution >= 0.6 is 0 Å². The van der Waals surface area contributed by atoms with E-state index in [1.54, 1.807) is 11.9 Å². The smallest absolute Gasteiger partial charge is 0.317 e. The lowest BCUT2D eigenvalue weighted by Gasteiger charge is -2.23. The number of nitrogens with zero attached hydrogens (tertiary/aromatic N) is 3. The van der Waals surface area contributed by atoms with Gasteiger partial charge in [-0.1, -0.05) is 6.07 Å². The van der Waals surface area contributed by atoms with E-state index in [2.05, 4.69) is 21.3 Å². The standard InChI is InChI=1S/C18H28N4O2/c1-13-5-6-15(17(20-13)22-9-3-4-10-22)11-19-18(24)21(2)12-16(23)14-7-8-14/h5-6,14,16,23H,3-4,7-12H2,1-2H3,(H,19,24). The van der Waals surface area contributed by atoms with Crippen LogP contribution in [0.3, 0.4) is 0 Å². The summed E-state index contributed by atoms with van der Waals surface area (Å²) in [5.41, 5.74) is 2.05. The maximum Gasteiger partial charge on any atom is 0.317 e. The van der Waals surface area contributed by atoms with Gasteiger partial charge in [0.2, 0.25) is 0 Å². The quantitative estimate of drug-likeness (QED) is 0.835. The van der Waals surface area contributed by atoms with Gasteiger partial charge in [0.25, 0.3) is 0 Å². The minimum Gasteiger partial charge on any atom is -0.391 e. The molecule has 1 saturated carbocycles. The molecule has 1 unspecified atom stereocenters. The van der Waals surface area contributed by atoms with Crippen molar-refractivity contribution in [2.75, 3.05) is 31.6 Å². The first-order chi connectivity index (χ1) is 11.5. The Morgan fingerprint density at radius 1 is 1.42 bits per heavy atom. The Labute approximate surface area is 143 Å². The molecule has 3 rings (SSSR count). The molecule has 0 radical (unpaired) electrons. The van der Waals surface area contributed by atoms with E-state index in [1.807, 2.05) is 13.0 Å². The largest absolute Gasteiger partial charge is 0.391 e. The van der Waals surface area contributed by atoms with Crippen molar-refractivity contribution in [2.24, 2.45) is 5.92 Å². The Balaban J connectivity index is 1.58. The van der Waals surface area contributed by atoms with Crippen molar-refractivity contribution < 1.29 is 9.90 Å². The summed E-state index contributed by atoms with van der Waals surface area (Å²) < 4.78 is 0. The van der Waals surface area contributed by atoms with Gasteiger partial charge >= 0.3 is 6.03 Å². The normalized spacial score (nSPS) is 18.5. The van der Waals surface area contributed by atoms with E-state index in [0.717, 1.165) is 43.0 Å². The Kier molecular flexibility index (Phi) is 5.23. The number of likely N-dealkylation sites (N-methyl/N-ethyl adjacent to an activating group) is 1. The molecular weight excluding hydrogens is 304 g/mol. The molecular formula is C18H28N4O2. The highest BCUT2D eigenvalue weighted by atomic mass is 16.3. The van der Waals surface area contributed by atoms with Crippen molar-refractivity contribution in [3.05, 3.63) is 23.4 Å². The van der Waals surface area contributed by atoms with E-state index >= 15 is 0 Å². The van der Waals surface area contributed by atoms with E-state index in [9.17, 15) is 9.90 Å². The Bertz CT molecular complexity index is 582. The molecule has 0 bridgehead atoms. The first-order valence-corrected chi connectivity index (χ1v) is 8.93. The number of aryl methyl sites for hydroxylation is 1. The van der Waals surface area contributed by atoms with Crippen molar-refractivity contribution >= 4 is 11.8 Å². The number of carbonyl (C=O) groups excluding carboxylic acids is 1. The van der Waals surface area contributed by atoms with Crippen LogP contribution in [0.15, 0.2) is 12.1 Å². The number of nitrogens with one attached hydrogen (secondary N) is 1. The molecule has 1 atom stereocenters. The van der Waals surface area contributed by atoms with Crippen LogP contribution in [-0.4, -0.2) is 53.8 Å². The number of hydrogen-bond donors (Lipinski definition) is 2. The number of rotatable bonds is 6. The van der Waals surface area contributed by atoms with Gasteiger partial charge in [-0.3, -0.25) is 0 Å². The Morgan fingerprint density at radius 3 is 2.79 bits per heavy atom. The van der Waals surface area contributed by atoms with Crippen LogP contribution in [0, 0.1) is 12.8 Å². The van der Waals surface area contributed by atoms with E-state index in [4.69, 9.17) is 0 Å². The monoisotopic (exact) mass is 332 g/mol. The summed E-state index contributed by atoms with van der Waals surface area (Å²) >= 11 is 0. The SMILES string of the molecule is Cc1ccc(CNC(=O)N(C)CC(O)C2CC2)c(N2CCCC2)n1. The summed E-state index contributed by atoms with van der Waals surface area (Å²) in [4.78, 5) is 20.8. The second-order valence-corrected chi connectivity index (χ2v) is 7.07. The van der Waals surface area contributed by atoms with Crippen LogP contribution in [0.4, 0.5) is 10.6 Å². The second kappa shape index (κ2) is 7.38. The highest BCUT2D eigenvalue weighted by Gasteiger charge is 2.31. The lowest BCUT2D eigenvalue weighted by molar-refractivity contribution is 0.113. The molecule has 2 fully saturated rings.